The van der Waals surface area contributed by atoms with Gasteiger partial charge in [0.05, 0.1) is 22.5 Å². The molecule has 1 aromatic heterocycles. The molecule has 0 saturated heterocycles. The van der Waals surface area contributed by atoms with Gasteiger partial charge in [-0.1, -0.05) is 35.9 Å². The SMILES string of the molecule is COC(Cn1c(-c2ccccc2Cl)nc2ccccc2c1=O)OC. The van der Waals surface area contributed by atoms with Crippen LogP contribution in [0.2, 0.25) is 5.02 Å². The van der Waals surface area contributed by atoms with Gasteiger partial charge in [0.15, 0.2) is 6.29 Å². The lowest BCUT2D eigenvalue weighted by molar-refractivity contribution is -0.111. The second-order valence-electron chi connectivity index (χ2n) is 5.25. The van der Waals surface area contributed by atoms with Crippen molar-refractivity contribution in [2.24, 2.45) is 0 Å². The molecule has 24 heavy (non-hydrogen) atoms. The van der Waals surface area contributed by atoms with Crippen molar-refractivity contribution in [1.29, 1.82) is 0 Å². The van der Waals surface area contributed by atoms with Gasteiger partial charge in [-0.25, -0.2) is 4.98 Å². The van der Waals surface area contributed by atoms with Crippen LogP contribution in [-0.4, -0.2) is 30.1 Å². The predicted octanol–water partition coefficient (Wildman–Crippen LogP) is 3.34. The lowest BCUT2D eigenvalue weighted by Crippen LogP contribution is -2.31. The molecule has 0 amide bonds. The van der Waals surface area contributed by atoms with Crippen LogP contribution in [0.4, 0.5) is 0 Å². The fourth-order valence-electron chi connectivity index (χ4n) is 2.58. The number of para-hydroxylation sites is 1. The Kier molecular flexibility index (Phi) is 4.94. The van der Waals surface area contributed by atoms with Crippen LogP contribution in [0.1, 0.15) is 0 Å². The summed E-state index contributed by atoms with van der Waals surface area (Å²) in [5.41, 5.74) is 1.16. The highest BCUT2D eigenvalue weighted by Crippen LogP contribution is 2.26. The van der Waals surface area contributed by atoms with Gasteiger partial charge in [-0.3, -0.25) is 9.36 Å². The zero-order chi connectivity index (χ0) is 17.1. The number of aromatic nitrogens is 2. The zero-order valence-corrected chi connectivity index (χ0v) is 14.2. The Morgan fingerprint density at radius 3 is 2.46 bits per heavy atom. The molecule has 1 heterocycles. The number of benzene rings is 2. The summed E-state index contributed by atoms with van der Waals surface area (Å²) >= 11 is 6.32. The van der Waals surface area contributed by atoms with Crippen LogP contribution < -0.4 is 5.56 Å². The predicted molar refractivity (Wildman–Crippen MR) is 94.3 cm³/mol. The van der Waals surface area contributed by atoms with Gasteiger partial charge in [-0.15, -0.1) is 0 Å². The molecule has 6 heteroatoms. The fraction of sp³-hybridized carbons (Fsp3) is 0.222. The third kappa shape index (κ3) is 3.06. The van der Waals surface area contributed by atoms with Gasteiger partial charge in [0.25, 0.3) is 5.56 Å². The van der Waals surface area contributed by atoms with E-state index in [-0.39, 0.29) is 12.1 Å². The topological polar surface area (TPSA) is 53.4 Å². The van der Waals surface area contributed by atoms with E-state index >= 15 is 0 Å². The summed E-state index contributed by atoms with van der Waals surface area (Å²) in [7, 11) is 3.06. The van der Waals surface area contributed by atoms with E-state index in [0.29, 0.717) is 27.3 Å². The molecule has 3 rings (SSSR count). The van der Waals surface area contributed by atoms with E-state index in [1.165, 1.54) is 14.2 Å². The number of fused-ring (bicyclic) bond motifs is 1. The van der Waals surface area contributed by atoms with Crippen LogP contribution in [0, 0.1) is 0 Å². The minimum absolute atomic E-state index is 0.158. The van der Waals surface area contributed by atoms with Crippen molar-refractivity contribution in [1.82, 2.24) is 9.55 Å². The lowest BCUT2D eigenvalue weighted by atomic mass is 10.1. The first-order chi connectivity index (χ1) is 11.7. The number of halogens is 1. The van der Waals surface area contributed by atoms with Crippen LogP contribution in [0.3, 0.4) is 0 Å². The normalized spacial score (nSPS) is 11.3. The van der Waals surface area contributed by atoms with Crippen molar-refractivity contribution in [3.05, 3.63) is 63.9 Å². The summed E-state index contributed by atoms with van der Waals surface area (Å²) in [5, 5.41) is 1.07. The van der Waals surface area contributed by atoms with Crippen LogP contribution in [-0.2, 0) is 16.0 Å². The summed E-state index contributed by atoms with van der Waals surface area (Å²) in [4.78, 5) is 17.6. The summed E-state index contributed by atoms with van der Waals surface area (Å²) in [6, 6.07) is 14.5. The van der Waals surface area contributed by atoms with Crippen LogP contribution in [0.5, 0.6) is 0 Å². The molecular weight excluding hydrogens is 328 g/mol. The highest BCUT2D eigenvalue weighted by molar-refractivity contribution is 6.33. The van der Waals surface area contributed by atoms with E-state index in [1.54, 1.807) is 16.7 Å². The second kappa shape index (κ2) is 7.13. The van der Waals surface area contributed by atoms with Gasteiger partial charge in [0.1, 0.15) is 5.82 Å². The molecule has 0 atom stereocenters. The molecule has 0 bridgehead atoms. The summed E-state index contributed by atoms with van der Waals surface area (Å²) in [6.07, 6.45) is -0.563. The monoisotopic (exact) mass is 344 g/mol. The Balaban J connectivity index is 2.29. The molecule has 0 aliphatic rings. The van der Waals surface area contributed by atoms with Crippen molar-refractivity contribution >= 4 is 22.5 Å². The van der Waals surface area contributed by atoms with Gasteiger partial charge < -0.3 is 9.47 Å². The molecule has 2 aromatic carbocycles. The average molecular weight is 345 g/mol. The van der Waals surface area contributed by atoms with Crippen molar-refractivity contribution in [3.63, 3.8) is 0 Å². The van der Waals surface area contributed by atoms with E-state index in [9.17, 15) is 4.79 Å². The molecular formula is C18H17ClN2O3. The molecule has 5 nitrogen and oxygen atoms in total. The minimum Gasteiger partial charge on any atom is -0.354 e. The maximum Gasteiger partial charge on any atom is 0.261 e. The number of methoxy groups -OCH3 is 2. The van der Waals surface area contributed by atoms with Crippen LogP contribution in [0.25, 0.3) is 22.3 Å². The largest absolute Gasteiger partial charge is 0.354 e. The molecule has 0 saturated carbocycles. The van der Waals surface area contributed by atoms with Crippen molar-refractivity contribution in [3.8, 4) is 11.4 Å². The molecule has 3 aromatic rings. The molecule has 0 unspecified atom stereocenters. The smallest absolute Gasteiger partial charge is 0.261 e. The Morgan fingerprint density at radius 2 is 1.75 bits per heavy atom. The number of hydrogen-bond acceptors (Lipinski definition) is 4. The first-order valence-corrected chi connectivity index (χ1v) is 7.83. The maximum atomic E-state index is 13.0. The van der Waals surface area contributed by atoms with E-state index in [2.05, 4.69) is 4.98 Å². The first kappa shape index (κ1) is 16.6. The van der Waals surface area contributed by atoms with E-state index in [1.807, 2.05) is 36.4 Å². The lowest BCUT2D eigenvalue weighted by Gasteiger charge is -2.19. The number of hydrogen-bond donors (Lipinski definition) is 0. The number of nitrogens with zero attached hydrogens (tertiary/aromatic N) is 2. The Labute approximate surface area is 144 Å². The first-order valence-electron chi connectivity index (χ1n) is 7.45. The molecule has 0 fully saturated rings. The van der Waals surface area contributed by atoms with Gasteiger partial charge in [-0.05, 0) is 24.3 Å². The zero-order valence-electron chi connectivity index (χ0n) is 13.4. The Morgan fingerprint density at radius 1 is 1.08 bits per heavy atom. The molecule has 0 spiro atoms. The van der Waals surface area contributed by atoms with Crippen molar-refractivity contribution in [2.45, 2.75) is 12.8 Å². The minimum atomic E-state index is -0.563. The summed E-state index contributed by atoms with van der Waals surface area (Å²) < 4.78 is 12.0. The van der Waals surface area contributed by atoms with Crippen LogP contribution in [0.15, 0.2) is 53.3 Å². The van der Waals surface area contributed by atoms with Gasteiger partial charge in [0.2, 0.25) is 0 Å². The summed E-state index contributed by atoms with van der Waals surface area (Å²) in [6.45, 7) is 0.213. The van der Waals surface area contributed by atoms with Crippen LogP contribution >= 0.6 is 11.6 Å². The number of rotatable bonds is 5. The highest BCUT2D eigenvalue weighted by Gasteiger charge is 2.18. The molecule has 0 N–H and O–H groups in total. The van der Waals surface area contributed by atoms with Crippen molar-refractivity contribution in [2.75, 3.05) is 14.2 Å². The van der Waals surface area contributed by atoms with Crippen molar-refractivity contribution < 1.29 is 9.47 Å². The molecule has 124 valence electrons. The molecule has 0 aliphatic carbocycles. The Hall–Kier alpha value is -2.21. The standard InChI is InChI=1S/C18H17ClN2O3/c1-23-16(24-2)11-21-17(12-7-3-5-9-14(12)19)20-15-10-6-4-8-13(15)18(21)22/h3-10,16H,11H2,1-2H3. The van der Waals surface area contributed by atoms with Gasteiger partial charge in [-0.2, -0.15) is 0 Å². The maximum absolute atomic E-state index is 13.0. The third-order valence-corrected chi connectivity index (χ3v) is 4.16. The summed E-state index contributed by atoms with van der Waals surface area (Å²) in [5.74, 6) is 0.489. The third-order valence-electron chi connectivity index (χ3n) is 3.83. The van der Waals surface area contributed by atoms with Gasteiger partial charge >= 0.3 is 0 Å². The van der Waals surface area contributed by atoms with Gasteiger partial charge in [0, 0.05) is 19.8 Å². The van der Waals surface area contributed by atoms with E-state index in [0.717, 1.165) is 0 Å². The average Bonchev–Trinajstić information content (AvgIpc) is 2.61. The highest BCUT2D eigenvalue weighted by atomic mass is 35.5. The second-order valence-corrected chi connectivity index (χ2v) is 5.66. The molecule has 0 aliphatic heterocycles. The fourth-order valence-corrected chi connectivity index (χ4v) is 2.80. The molecule has 0 radical (unpaired) electrons. The quantitative estimate of drug-likeness (QED) is 0.666. The Bertz CT molecular complexity index is 920. The van der Waals surface area contributed by atoms with E-state index in [4.69, 9.17) is 21.1 Å². The van der Waals surface area contributed by atoms with E-state index < -0.39 is 6.29 Å². The number of ether oxygens (including phenoxy) is 2.